The quantitative estimate of drug-likeness (QED) is 0.708. The van der Waals surface area contributed by atoms with Crippen molar-refractivity contribution >= 4 is 6.09 Å². The average Bonchev–Trinajstić information content (AvgIpc) is 2.32. The third kappa shape index (κ3) is 5.42. The molecule has 0 saturated heterocycles. The van der Waals surface area contributed by atoms with Gasteiger partial charge >= 0.3 is 11.8 Å². The average molecular weight is 299 g/mol. The molecule has 0 bridgehead atoms. The lowest BCUT2D eigenvalue weighted by Crippen LogP contribution is -2.44. The van der Waals surface area contributed by atoms with Crippen LogP contribution in [0.5, 0.6) is 0 Å². The first-order chi connectivity index (χ1) is 9.62. The molecule has 1 atom stereocenters. The zero-order valence-electron chi connectivity index (χ0n) is 12.6. The first kappa shape index (κ1) is 17.0. The maximum Gasteiger partial charge on any atom is 0.407 e. The molecule has 0 aromatic carbocycles. The monoisotopic (exact) mass is 299 g/mol. The summed E-state index contributed by atoms with van der Waals surface area (Å²) < 4.78 is 6.24. The number of carbonyl (C=O) groups is 1. The molecule has 0 aliphatic heterocycles. The topological polar surface area (TPSA) is 113 Å². The number of ether oxygens (including phenoxy) is 1. The number of hydrogen-bond acceptors (Lipinski definition) is 5. The number of hydrogen-bond donors (Lipinski definition) is 3. The van der Waals surface area contributed by atoms with Gasteiger partial charge in [-0.2, -0.15) is 0 Å². The summed E-state index contributed by atoms with van der Waals surface area (Å²) in [5, 5.41) is 11.8. The summed E-state index contributed by atoms with van der Waals surface area (Å²) in [7, 11) is 0. The van der Waals surface area contributed by atoms with Crippen LogP contribution in [-0.2, 0) is 11.3 Å². The number of nitrogens with zero attached hydrogens (tertiary/aromatic N) is 1. The van der Waals surface area contributed by atoms with E-state index in [1.165, 1.54) is 10.8 Å². The number of aromatic amines is 1. The molecule has 1 heterocycles. The molecule has 1 rings (SSSR count). The van der Waals surface area contributed by atoms with E-state index in [4.69, 9.17) is 4.74 Å². The van der Waals surface area contributed by atoms with Gasteiger partial charge in [-0.1, -0.05) is 0 Å². The van der Waals surface area contributed by atoms with Crippen LogP contribution in [0.4, 0.5) is 4.79 Å². The predicted octanol–water partition coefficient (Wildman–Crippen LogP) is -0.269. The fourth-order valence-corrected chi connectivity index (χ4v) is 1.59. The normalized spacial score (nSPS) is 12.8. The largest absolute Gasteiger partial charge is 0.442 e. The highest BCUT2D eigenvalue weighted by atomic mass is 16.6. The summed E-state index contributed by atoms with van der Waals surface area (Å²) in [5.74, 6) is 0. The van der Waals surface area contributed by atoms with Gasteiger partial charge in [0.05, 0.1) is 13.2 Å². The number of aliphatic hydroxyl groups excluding tert-OH is 1. The molecule has 0 aliphatic rings. The Bertz CT molecular complexity index is 611. The molecule has 1 amide bonds. The molecule has 1 aromatic rings. The van der Waals surface area contributed by atoms with Crippen LogP contribution in [-0.4, -0.2) is 39.0 Å². The van der Waals surface area contributed by atoms with Crippen LogP contribution in [0.2, 0.25) is 0 Å². The number of alkyl carbamates (subject to hydrolysis) is 1. The van der Waals surface area contributed by atoms with Crippen LogP contribution in [0.3, 0.4) is 0 Å². The van der Waals surface area contributed by atoms with Gasteiger partial charge in [0.2, 0.25) is 0 Å². The van der Waals surface area contributed by atoms with Gasteiger partial charge in [0.1, 0.15) is 6.10 Å². The molecule has 3 N–H and O–H groups in total. The van der Waals surface area contributed by atoms with E-state index in [2.05, 4.69) is 10.3 Å². The Hall–Kier alpha value is -2.09. The molecule has 0 aliphatic carbocycles. The van der Waals surface area contributed by atoms with E-state index in [9.17, 15) is 19.5 Å². The summed E-state index contributed by atoms with van der Waals surface area (Å²) in [4.78, 5) is 36.7. The standard InChI is InChI=1S/C13H21N3O5/c1-8-5-16(11(19)14-10(8)18)6-9(7-17)21-12(20)15-13(2,3)4/h5,9,17H,6-7H2,1-4H3,(H,15,20)(H,14,18,19)/t9-/m1/s1. The van der Waals surface area contributed by atoms with Gasteiger partial charge in [-0.25, -0.2) is 9.59 Å². The molecule has 8 heteroatoms. The second kappa shape index (κ2) is 6.57. The fourth-order valence-electron chi connectivity index (χ4n) is 1.59. The highest BCUT2D eigenvalue weighted by Gasteiger charge is 2.19. The number of aryl methyl sites for hydroxylation is 1. The van der Waals surface area contributed by atoms with Crippen LogP contribution in [0.1, 0.15) is 26.3 Å². The van der Waals surface area contributed by atoms with E-state index in [0.717, 1.165) is 0 Å². The van der Waals surface area contributed by atoms with Crippen molar-refractivity contribution in [2.75, 3.05) is 6.61 Å². The molecule has 0 spiro atoms. The third-order valence-electron chi connectivity index (χ3n) is 2.54. The van der Waals surface area contributed by atoms with Crippen LogP contribution >= 0.6 is 0 Å². The van der Waals surface area contributed by atoms with Crippen molar-refractivity contribution in [1.29, 1.82) is 0 Å². The highest BCUT2D eigenvalue weighted by Crippen LogP contribution is 2.02. The van der Waals surface area contributed by atoms with Crippen LogP contribution in [0.25, 0.3) is 0 Å². The Labute approximate surface area is 121 Å². The molecule has 0 radical (unpaired) electrons. The molecule has 118 valence electrons. The van der Waals surface area contributed by atoms with Gasteiger partial charge in [0.15, 0.2) is 0 Å². The maximum atomic E-state index is 11.6. The summed E-state index contributed by atoms with van der Waals surface area (Å²) in [6.07, 6.45) is -0.222. The second-order valence-corrected chi connectivity index (χ2v) is 5.81. The smallest absolute Gasteiger partial charge is 0.407 e. The fraction of sp³-hybridized carbons (Fsp3) is 0.615. The summed E-state index contributed by atoms with van der Waals surface area (Å²) >= 11 is 0. The zero-order valence-corrected chi connectivity index (χ0v) is 12.6. The lowest BCUT2D eigenvalue weighted by atomic mass is 10.1. The van der Waals surface area contributed by atoms with Crippen molar-refractivity contribution in [2.24, 2.45) is 0 Å². The Morgan fingerprint density at radius 3 is 2.62 bits per heavy atom. The minimum absolute atomic E-state index is 0.0511. The SMILES string of the molecule is Cc1cn(C[C@H](CO)OC(=O)NC(C)(C)C)c(=O)[nH]c1=O. The van der Waals surface area contributed by atoms with E-state index in [-0.39, 0.29) is 6.54 Å². The summed E-state index contributed by atoms with van der Waals surface area (Å²) in [6.45, 7) is 6.43. The number of amides is 1. The number of aliphatic hydroxyl groups is 1. The Morgan fingerprint density at radius 2 is 2.10 bits per heavy atom. The molecule has 8 nitrogen and oxygen atoms in total. The van der Waals surface area contributed by atoms with E-state index in [0.29, 0.717) is 5.56 Å². The summed E-state index contributed by atoms with van der Waals surface area (Å²) in [5.41, 5.74) is -1.21. The first-order valence-electron chi connectivity index (χ1n) is 6.52. The highest BCUT2D eigenvalue weighted by molar-refractivity contribution is 5.68. The number of aromatic nitrogens is 2. The second-order valence-electron chi connectivity index (χ2n) is 5.81. The zero-order chi connectivity index (χ0) is 16.2. The Morgan fingerprint density at radius 1 is 1.48 bits per heavy atom. The van der Waals surface area contributed by atoms with E-state index in [1.807, 2.05) is 0 Å². The lowest BCUT2D eigenvalue weighted by Gasteiger charge is -2.23. The van der Waals surface area contributed by atoms with E-state index in [1.54, 1.807) is 27.7 Å². The molecule has 1 aromatic heterocycles. The van der Waals surface area contributed by atoms with Crippen LogP contribution in [0, 0.1) is 6.92 Å². The van der Waals surface area contributed by atoms with E-state index < -0.39 is 35.6 Å². The van der Waals surface area contributed by atoms with Gasteiger partial charge in [0, 0.05) is 17.3 Å². The molecule has 0 saturated carbocycles. The first-order valence-corrected chi connectivity index (χ1v) is 6.52. The van der Waals surface area contributed by atoms with Crippen molar-refractivity contribution in [2.45, 2.75) is 45.9 Å². The molecule has 0 unspecified atom stereocenters. The molecule has 0 fully saturated rings. The Kier molecular flexibility index (Phi) is 5.31. The Balaban J connectivity index is 2.79. The third-order valence-corrected chi connectivity index (χ3v) is 2.54. The van der Waals surface area contributed by atoms with Crippen molar-refractivity contribution in [3.05, 3.63) is 32.6 Å². The van der Waals surface area contributed by atoms with Crippen molar-refractivity contribution in [1.82, 2.24) is 14.9 Å². The van der Waals surface area contributed by atoms with Crippen LogP contribution in [0.15, 0.2) is 15.8 Å². The number of carbonyl (C=O) groups excluding carboxylic acids is 1. The molecular weight excluding hydrogens is 278 g/mol. The minimum Gasteiger partial charge on any atom is -0.442 e. The number of nitrogens with one attached hydrogen (secondary N) is 2. The number of H-pyrrole nitrogens is 1. The predicted molar refractivity (Wildman–Crippen MR) is 76.3 cm³/mol. The van der Waals surface area contributed by atoms with Gasteiger partial charge in [0.25, 0.3) is 5.56 Å². The van der Waals surface area contributed by atoms with Crippen molar-refractivity contribution in [3.63, 3.8) is 0 Å². The lowest BCUT2D eigenvalue weighted by molar-refractivity contribution is 0.0432. The van der Waals surface area contributed by atoms with Gasteiger partial charge in [-0.15, -0.1) is 0 Å². The van der Waals surface area contributed by atoms with Gasteiger partial charge in [-0.3, -0.25) is 14.3 Å². The van der Waals surface area contributed by atoms with Crippen LogP contribution < -0.4 is 16.6 Å². The molecular formula is C13H21N3O5. The maximum absolute atomic E-state index is 11.6. The minimum atomic E-state index is -0.893. The number of rotatable bonds is 4. The van der Waals surface area contributed by atoms with Gasteiger partial charge in [-0.05, 0) is 27.7 Å². The van der Waals surface area contributed by atoms with Crippen molar-refractivity contribution in [3.8, 4) is 0 Å². The van der Waals surface area contributed by atoms with E-state index >= 15 is 0 Å². The molecule has 21 heavy (non-hydrogen) atoms. The van der Waals surface area contributed by atoms with Crippen molar-refractivity contribution < 1.29 is 14.6 Å². The summed E-state index contributed by atoms with van der Waals surface area (Å²) in [6, 6.07) is 0. The van der Waals surface area contributed by atoms with Gasteiger partial charge < -0.3 is 15.2 Å².